The first-order valence-electron chi connectivity index (χ1n) is 8.06. The molecule has 0 saturated carbocycles. The Morgan fingerprint density at radius 3 is 3.12 bits per heavy atom. The number of halogens is 1. The van der Waals surface area contributed by atoms with Crippen LogP contribution >= 0.6 is 15.9 Å². The van der Waals surface area contributed by atoms with E-state index in [0.717, 1.165) is 22.9 Å². The van der Waals surface area contributed by atoms with Crippen LogP contribution in [0.4, 0.5) is 4.79 Å². The van der Waals surface area contributed by atoms with Gasteiger partial charge in [0.05, 0.1) is 12.6 Å². The Hall–Kier alpha value is -2.08. The zero-order valence-electron chi connectivity index (χ0n) is 13.5. The first-order valence-corrected chi connectivity index (χ1v) is 8.86. The quantitative estimate of drug-likeness (QED) is 0.818. The third-order valence-corrected chi connectivity index (χ3v) is 4.81. The molecular weight excluding hydrogens is 370 g/mol. The number of carbonyl (C=O) groups excluding carboxylic acids is 1. The van der Waals surface area contributed by atoms with E-state index in [2.05, 4.69) is 37.6 Å². The van der Waals surface area contributed by atoms with Crippen LogP contribution < -0.4 is 15.4 Å². The lowest BCUT2D eigenvalue weighted by Gasteiger charge is -2.15. The van der Waals surface area contributed by atoms with Crippen LogP contribution in [0.5, 0.6) is 5.88 Å². The molecular formula is C18H20BrN3O2. The van der Waals surface area contributed by atoms with Crippen molar-refractivity contribution in [1.82, 2.24) is 15.6 Å². The van der Waals surface area contributed by atoms with Crippen LogP contribution in [0.2, 0.25) is 0 Å². The summed E-state index contributed by atoms with van der Waals surface area (Å²) >= 11 is 3.58. The maximum absolute atomic E-state index is 12.2. The van der Waals surface area contributed by atoms with Crippen molar-refractivity contribution < 1.29 is 9.53 Å². The number of carbonyl (C=O) groups is 1. The fourth-order valence-electron chi connectivity index (χ4n) is 2.94. The van der Waals surface area contributed by atoms with Gasteiger partial charge < -0.3 is 15.4 Å². The van der Waals surface area contributed by atoms with Crippen LogP contribution in [0, 0.1) is 0 Å². The van der Waals surface area contributed by atoms with Crippen molar-refractivity contribution in [1.29, 1.82) is 0 Å². The maximum Gasteiger partial charge on any atom is 0.315 e. The van der Waals surface area contributed by atoms with Crippen molar-refractivity contribution in [3.8, 4) is 5.88 Å². The van der Waals surface area contributed by atoms with Crippen LogP contribution in [0.1, 0.15) is 36.1 Å². The molecule has 126 valence electrons. The number of ether oxygens (including phenoxy) is 1. The van der Waals surface area contributed by atoms with E-state index in [0.29, 0.717) is 19.0 Å². The van der Waals surface area contributed by atoms with E-state index in [9.17, 15) is 4.79 Å². The van der Waals surface area contributed by atoms with Gasteiger partial charge >= 0.3 is 6.03 Å². The lowest BCUT2D eigenvalue weighted by atomic mass is 10.1. The number of aromatic nitrogens is 1. The largest absolute Gasteiger partial charge is 0.478 e. The number of nitrogens with zero attached hydrogens (tertiary/aromatic N) is 1. The van der Waals surface area contributed by atoms with Gasteiger partial charge in [-0.25, -0.2) is 9.78 Å². The smallest absolute Gasteiger partial charge is 0.315 e. The summed E-state index contributed by atoms with van der Waals surface area (Å²) in [4.78, 5) is 16.3. The minimum Gasteiger partial charge on any atom is -0.478 e. The highest BCUT2D eigenvalue weighted by Crippen LogP contribution is 2.35. The van der Waals surface area contributed by atoms with Gasteiger partial charge in [-0.05, 0) is 48.6 Å². The van der Waals surface area contributed by atoms with Gasteiger partial charge in [0.25, 0.3) is 0 Å². The molecule has 5 nitrogen and oxygen atoms in total. The molecule has 2 amide bonds. The Bertz CT molecular complexity index is 736. The number of pyridine rings is 1. The van der Waals surface area contributed by atoms with E-state index in [-0.39, 0.29) is 12.1 Å². The van der Waals surface area contributed by atoms with Crippen molar-refractivity contribution in [3.05, 3.63) is 57.7 Å². The van der Waals surface area contributed by atoms with E-state index >= 15 is 0 Å². The Balaban J connectivity index is 1.56. The highest BCUT2D eigenvalue weighted by Gasteiger charge is 2.25. The predicted molar refractivity (Wildman–Crippen MR) is 96.0 cm³/mol. The van der Waals surface area contributed by atoms with Gasteiger partial charge in [0.15, 0.2) is 0 Å². The molecule has 1 heterocycles. The standard InChI is InChI=1S/C18H20BrN3O2/c1-2-24-17-10-12(8-9-20-17)11-21-18(23)22-16-7-6-13-14(16)4-3-5-15(13)19/h3-5,8-10,16H,2,6-7,11H2,1H3,(H2,21,22,23). The van der Waals surface area contributed by atoms with Crippen LogP contribution in [0.3, 0.4) is 0 Å². The Kier molecular flexibility index (Phi) is 5.35. The molecule has 1 aliphatic rings. The van der Waals surface area contributed by atoms with Crippen LogP contribution in [0.25, 0.3) is 0 Å². The van der Waals surface area contributed by atoms with Crippen molar-refractivity contribution in [3.63, 3.8) is 0 Å². The molecule has 0 bridgehead atoms. The number of fused-ring (bicyclic) bond motifs is 1. The average Bonchev–Trinajstić information content (AvgIpc) is 2.98. The summed E-state index contributed by atoms with van der Waals surface area (Å²) in [7, 11) is 0. The minimum absolute atomic E-state index is 0.0638. The van der Waals surface area contributed by atoms with Gasteiger partial charge in [0.2, 0.25) is 5.88 Å². The second-order valence-electron chi connectivity index (χ2n) is 5.66. The molecule has 2 N–H and O–H groups in total. The minimum atomic E-state index is -0.164. The molecule has 1 aromatic heterocycles. The van der Waals surface area contributed by atoms with E-state index < -0.39 is 0 Å². The highest BCUT2D eigenvalue weighted by atomic mass is 79.9. The fourth-order valence-corrected chi connectivity index (χ4v) is 3.52. The molecule has 1 aliphatic carbocycles. The van der Waals surface area contributed by atoms with Crippen LogP contribution in [0.15, 0.2) is 41.0 Å². The first-order chi connectivity index (χ1) is 11.7. The average molecular weight is 390 g/mol. The SMILES string of the molecule is CCOc1cc(CNC(=O)NC2CCc3c(Br)cccc32)ccn1. The fraction of sp³-hybridized carbons (Fsp3) is 0.333. The van der Waals surface area contributed by atoms with E-state index in [1.54, 1.807) is 6.20 Å². The van der Waals surface area contributed by atoms with Crippen LogP contribution in [-0.4, -0.2) is 17.6 Å². The molecule has 0 radical (unpaired) electrons. The van der Waals surface area contributed by atoms with Crippen LogP contribution in [-0.2, 0) is 13.0 Å². The number of amides is 2. The summed E-state index contributed by atoms with van der Waals surface area (Å²) in [6, 6.07) is 9.73. The Labute approximate surface area is 149 Å². The number of nitrogens with one attached hydrogen (secondary N) is 2. The third kappa shape index (κ3) is 3.87. The zero-order chi connectivity index (χ0) is 16.9. The predicted octanol–water partition coefficient (Wildman–Crippen LogP) is 3.73. The first kappa shape index (κ1) is 16.8. The number of hydrogen-bond donors (Lipinski definition) is 2. The van der Waals surface area contributed by atoms with Gasteiger partial charge in [-0.3, -0.25) is 0 Å². The summed E-state index contributed by atoms with van der Waals surface area (Å²) in [6.07, 6.45) is 3.59. The summed E-state index contributed by atoms with van der Waals surface area (Å²) in [5.74, 6) is 0.576. The molecule has 1 atom stereocenters. The second-order valence-corrected chi connectivity index (χ2v) is 6.52. The van der Waals surface area contributed by atoms with Crippen molar-refractivity contribution in [2.45, 2.75) is 32.4 Å². The lowest BCUT2D eigenvalue weighted by molar-refractivity contribution is 0.236. The molecule has 24 heavy (non-hydrogen) atoms. The van der Waals surface area contributed by atoms with Gasteiger partial charge in [-0.15, -0.1) is 0 Å². The van der Waals surface area contributed by atoms with E-state index in [1.807, 2.05) is 31.2 Å². The molecule has 6 heteroatoms. The van der Waals surface area contributed by atoms with Gasteiger partial charge in [-0.1, -0.05) is 28.1 Å². The lowest BCUT2D eigenvalue weighted by Crippen LogP contribution is -2.36. The highest BCUT2D eigenvalue weighted by molar-refractivity contribution is 9.10. The number of urea groups is 1. The van der Waals surface area contributed by atoms with Crippen molar-refractivity contribution in [2.75, 3.05) is 6.61 Å². The van der Waals surface area contributed by atoms with Gasteiger partial charge in [-0.2, -0.15) is 0 Å². The van der Waals surface area contributed by atoms with Crippen molar-refractivity contribution in [2.24, 2.45) is 0 Å². The zero-order valence-corrected chi connectivity index (χ0v) is 15.1. The number of hydrogen-bond acceptors (Lipinski definition) is 3. The molecule has 3 rings (SSSR count). The third-order valence-electron chi connectivity index (χ3n) is 4.06. The van der Waals surface area contributed by atoms with Gasteiger partial charge in [0.1, 0.15) is 0 Å². The summed E-state index contributed by atoms with van der Waals surface area (Å²) in [6.45, 7) is 2.92. The number of benzene rings is 1. The molecule has 0 aliphatic heterocycles. The maximum atomic E-state index is 12.2. The van der Waals surface area contributed by atoms with E-state index in [1.165, 1.54) is 11.1 Å². The molecule has 0 spiro atoms. The molecule has 1 unspecified atom stereocenters. The topological polar surface area (TPSA) is 63.2 Å². The normalized spacial score (nSPS) is 15.7. The molecule has 2 aromatic rings. The Morgan fingerprint density at radius 1 is 1.42 bits per heavy atom. The number of rotatable bonds is 5. The monoisotopic (exact) mass is 389 g/mol. The molecule has 0 fully saturated rings. The van der Waals surface area contributed by atoms with E-state index in [4.69, 9.17) is 4.74 Å². The van der Waals surface area contributed by atoms with Crippen molar-refractivity contribution >= 4 is 22.0 Å². The molecule has 1 aromatic carbocycles. The van der Waals surface area contributed by atoms with Gasteiger partial charge in [0, 0.05) is 23.3 Å². The molecule has 0 saturated heterocycles. The Morgan fingerprint density at radius 2 is 2.29 bits per heavy atom. The summed E-state index contributed by atoms with van der Waals surface area (Å²) in [5, 5.41) is 5.95. The summed E-state index contributed by atoms with van der Waals surface area (Å²) < 4.78 is 6.48. The second kappa shape index (κ2) is 7.66. The summed E-state index contributed by atoms with van der Waals surface area (Å²) in [5.41, 5.74) is 3.44.